The second-order valence-corrected chi connectivity index (χ2v) is 4.99. The second kappa shape index (κ2) is 5.93. The Morgan fingerprint density at radius 1 is 1.50 bits per heavy atom. The summed E-state index contributed by atoms with van der Waals surface area (Å²) in [5.41, 5.74) is 2.19. The molecule has 2 rings (SSSR count). The number of aromatic nitrogens is 2. The average Bonchev–Trinajstić information content (AvgIpc) is 2.81. The molecule has 4 nitrogen and oxygen atoms in total. The van der Waals surface area contributed by atoms with Crippen molar-refractivity contribution in [2.45, 2.75) is 19.4 Å². The summed E-state index contributed by atoms with van der Waals surface area (Å²) >= 11 is 1.69. The molecular formula is C13H17N3OS. The molecule has 0 radical (unpaired) electrons. The van der Waals surface area contributed by atoms with Crippen molar-refractivity contribution < 1.29 is 4.74 Å². The predicted molar refractivity (Wildman–Crippen MR) is 73.1 cm³/mol. The van der Waals surface area contributed by atoms with E-state index in [2.05, 4.69) is 20.7 Å². The van der Waals surface area contributed by atoms with E-state index in [0.29, 0.717) is 0 Å². The Morgan fingerprint density at radius 2 is 2.33 bits per heavy atom. The fourth-order valence-corrected chi connectivity index (χ4v) is 2.71. The molecule has 1 atom stereocenters. The maximum atomic E-state index is 5.35. The Kier molecular flexibility index (Phi) is 4.28. The maximum absolute atomic E-state index is 5.35. The van der Waals surface area contributed by atoms with Gasteiger partial charge in [-0.05, 0) is 20.0 Å². The lowest BCUT2D eigenvalue weighted by Crippen LogP contribution is -2.19. The van der Waals surface area contributed by atoms with Crippen molar-refractivity contribution in [3.8, 4) is 5.75 Å². The molecule has 0 aromatic carbocycles. The van der Waals surface area contributed by atoms with E-state index in [9.17, 15) is 0 Å². The molecule has 0 aliphatic heterocycles. The number of aryl methyl sites for hydroxylation is 1. The fourth-order valence-electron chi connectivity index (χ4n) is 1.89. The van der Waals surface area contributed by atoms with Crippen LogP contribution in [-0.4, -0.2) is 24.1 Å². The van der Waals surface area contributed by atoms with Gasteiger partial charge in [-0.25, -0.2) is 4.98 Å². The van der Waals surface area contributed by atoms with Gasteiger partial charge < -0.3 is 10.1 Å². The summed E-state index contributed by atoms with van der Waals surface area (Å²) in [4.78, 5) is 8.58. The number of ether oxygens (including phenoxy) is 1. The van der Waals surface area contributed by atoms with Gasteiger partial charge in [0.15, 0.2) is 0 Å². The normalized spacial score (nSPS) is 12.4. The third kappa shape index (κ3) is 2.86. The molecule has 5 heteroatoms. The monoisotopic (exact) mass is 263 g/mol. The largest absolute Gasteiger partial charge is 0.495 e. The summed E-state index contributed by atoms with van der Waals surface area (Å²) in [6, 6.07) is 2.17. The van der Waals surface area contributed by atoms with E-state index >= 15 is 0 Å². The minimum atomic E-state index is 0.188. The van der Waals surface area contributed by atoms with Gasteiger partial charge in [0, 0.05) is 35.3 Å². The topological polar surface area (TPSA) is 47.0 Å². The van der Waals surface area contributed by atoms with Crippen LogP contribution in [0.3, 0.4) is 0 Å². The molecule has 0 saturated carbocycles. The van der Waals surface area contributed by atoms with Crippen LogP contribution in [0.1, 0.15) is 22.3 Å². The quantitative estimate of drug-likeness (QED) is 0.899. The van der Waals surface area contributed by atoms with Crippen molar-refractivity contribution in [1.29, 1.82) is 0 Å². The molecule has 2 aromatic rings. The second-order valence-electron chi connectivity index (χ2n) is 4.05. The summed E-state index contributed by atoms with van der Waals surface area (Å²) in [5, 5.41) is 6.52. The molecule has 0 fully saturated rings. The van der Waals surface area contributed by atoms with Crippen LogP contribution < -0.4 is 10.1 Å². The number of thiazole rings is 1. The Balaban J connectivity index is 2.22. The minimum Gasteiger partial charge on any atom is -0.495 e. The van der Waals surface area contributed by atoms with Crippen LogP contribution in [0.25, 0.3) is 0 Å². The molecule has 96 valence electrons. The van der Waals surface area contributed by atoms with Crippen molar-refractivity contribution >= 4 is 11.3 Å². The average molecular weight is 263 g/mol. The molecule has 0 saturated heterocycles. The van der Waals surface area contributed by atoms with Gasteiger partial charge in [0.05, 0.1) is 18.3 Å². The third-order valence-electron chi connectivity index (χ3n) is 2.81. The minimum absolute atomic E-state index is 0.188. The summed E-state index contributed by atoms with van der Waals surface area (Å²) in [6.45, 7) is 2.02. The summed E-state index contributed by atoms with van der Waals surface area (Å²) in [5.74, 6) is 0.810. The Labute approximate surface area is 111 Å². The van der Waals surface area contributed by atoms with E-state index in [4.69, 9.17) is 4.74 Å². The van der Waals surface area contributed by atoms with Gasteiger partial charge in [0.25, 0.3) is 0 Å². The van der Waals surface area contributed by atoms with Crippen LogP contribution in [0.4, 0.5) is 0 Å². The van der Waals surface area contributed by atoms with E-state index in [1.807, 2.05) is 20.0 Å². The first-order valence-corrected chi connectivity index (χ1v) is 6.68. The van der Waals surface area contributed by atoms with Crippen LogP contribution in [0.5, 0.6) is 5.75 Å². The number of nitrogens with one attached hydrogen (secondary N) is 1. The van der Waals surface area contributed by atoms with E-state index in [1.165, 1.54) is 0 Å². The SMILES string of the molecule is CNC(Cc1nc(C)cs1)c1ccncc1OC. The molecule has 2 aromatic heterocycles. The lowest BCUT2D eigenvalue weighted by atomic mass is 10.0. The van der Waals surface area contributed by atoms with Crippen molar-refractivity contribution in [3.05, 3.63) is 40.1 Å². The number of hydrogen-bond donors (Lipinski definition) is 1. The highest BCUT2D eigenvalue weighted by molar-refractivity contribution is 7.09. The first-order chi connectivity index (χ1) is 8.74. The number of likely N-dealkylation sites (N-methyl/N-ethyl adjacent to an activating group) is 1. The zero-order valence-corrected chi connectivity index (χ0v) is 11.6. The zero-order valence-electron chi connectivity index (χ0n) is 10.8. The number of methoxy groups -OCH3 is 1. The highest BCUT2D eigenvalue weighted by Gasteiger charge is 2.16. The lowest BCUT2D eigenvalue weighted by Gasteiger charge is -2.17. The number of rotatable bonds is 5. The fraction of sp³-hybridized carbons (Fsp3) is 0.385. The molecule has 1 unspecified atom stereocenters. The number of pyridine rings is 1. The molecule has 0 aliphatic carbocycles. The van der Waals surface area contributed by atoms with Crippen molar-refractivity contribution in [2.75, 3.05) is 14.2 Å². The number of hydrogen-bond acceptors (Lipinski definition) is 5. The van der Waals surface area contributed by atoms with Crippen LogP contribution >= 0.6 is 11.3 Å². The lowest BCUT2D eigenvalue weighted by molar-refractivity contribution is 0.399. The summed E-state index contributed by atoms with van der Waals surface area (Å²) in [7, 11) is 3.62. The molecule has 0 bridgehead atoms. The van der Waals surface area contributed by atoms with Gasteiger partial charge in [-0.15, -0.1) is 11.3 Å². The number of nitrogens with zero attached hydrogens (tertiary/aromatic N) is 2. The predicted octanol–water partition coefficient (Wildman–Crippen LogP) is 2.36. The first kappa shape index (κ1) is 13.0. The van der Waals surface area contributed by atoms with Crippen LogP contribution in [-0.2, 0) is 6.42 Å². The van der Waals surface area contributed by atoms with E-state index in [-0.39, 0.29) is 6.04 Å². The van der Waals surface area contributed by atoms with E-state index < -0.39 is 0 Å². The van der Waals surface area contributed by atoms with Crippen molar-refractivity contribution in [2.24, 2.45) is 0 Å². The smallest absolute Gasteiger partial charge is 0.141 e. The molecule has 0 amide bonds. The van der Waals surface area contributed by atoms with Gasteiger partial charge in [0.1, 0.15) is 5.75 Å². The van der Waals surface area contributed by atoms with Crippen LogP contribution in [0.2, 0.25) is 0 Å². The van der Waals surface area contributed by atoms with Crippen LogP contribution in [0.15, 0.2) is 23.8 Å². The molecule has 18 heavy (non-hydrogen) atoms. The van der Waals surface area contributed by atoms with Crippen molar-refractivity contribution in [3.63, 3.8) is 0 Å². The highest BCUT2D eigenvalue weighted by Crippen LogP contribution is 2.27. The summed E-state index contributed by atoms with van der Waals surface area (Å²) < 4.78 is 5.35. The van der Waals surface area contributed by atoms with E-state index in [0.717, 1.165) is 28.4 Å². The Morgan fingerprint density at radius 3 is 2.94 bits per heavy atom. The van der Waals surface area contributed by atoms with Gasteiger partial charge in [-0.1, -0.05) is 0 Å². The molecule has 2 heterocycles. The van der Waals surface area contributed by atoms with Gasteiger partial charge >= 0.3 is 0 Å². The van der Waals surface area contributed by atoms with E-state index in [1.54, 1.807) is 30.8 Å². The summed E-state index contributed by atoms with van der Waals surface area (Å²) in [6.07, 6.45) is 4.39. The van der Waals surface area contributed by atoms with Crippen molar-refractivity contribution in [1.82, 2.24) is 15.3 Å². The van der Waals surface area contributed by atoms with Gasteiger partial charge in [-0.3, -0.25) is 4.98 Å². The Bertz CT molecular complexity index is 512. The Hall–Kier alpha value is -1.46. The zero-order chi connectivity index (χ0) is 13.0. The maximum Gasteiger partial charge on any atom is 0.141 e. The molecule has 0 spiro atoms. The molecule has 0 aliphatic rings. The third-order valence-corrected chi connectivity index (χ3v) is 3.79. The molecule has 1 N–H and O–H groups in total. The standard InChI is InChI=1S/C13H17N3OS/c1-9-8-18-13(16-9)6-11(14-2)10-4-5-15-7-12(10)17-3/h4-5,7-8,11,14H,6H2,1-3H3. The van der Waals surface area contributed by atoms with Gasteiger partial charge in [-0.2, -0.15) is 0 Å². The first-order valence-electron chi connectivity index (χ1n) is 5.80. The highest BCUT2D eigenvalue weighted by atomic mass is 32.1. The van der Waals surface area contributed by atoms with Crippen LogP contribution in [0, 0.1) is 6.92 Å². The molecular weight excluding hydrogens is 246 g/mol. The van der Waals surface area contributed by atoms with Gasteiger partial charge in [0.2, 0.25) is 0 Å².